The summed E-state index contributed by atoms with van der Waals surface area (Å²) in [7, 11) is 3.26. The van der Waals surface area contributed by atoms with Gasteiger partial charge in [-0.15, -0.1) is 11.3 Å². The lowest BCUT2D eigenvalue weighted by atomic mass is 10.3. The summed E-state index contributed by atoms with van der Waals surface area (Å²) in [5.74, 6) is -1.01. The molecular weight excluding hydrogens is 256 g/mol. The van der Waals surface area contributed by atoms with E-state index >= 15 is 0 Å². The van der Waals surface area contributed by atoms with Crippen molar-refractivity contribution < 1.29 is 19.4 Å². The van der Waals surface area contributed by atoms with Crippen molar-refractivity contribution in [1.82, 2.24) is 4.98 Å². The number of carboxylic acid groups (broad SMARTS) is 1. The van der Waals surface area contributed by atoms with Gasteiger partial charge in [0.15, 0.2) is 10.8 Å². The third-order valence-corrected chi connectivity index (χ3v) is 3.31. The highest BCUT2D eigenvalue weighted by atomic mass is 32.1. The Morgan fingerprint density at radius 2 is 2.28 bits per heavy atom. The number of hydrogen-bond acceptors (Lipinski definition) is 6. The number of carboxylic acids is 1. The molecule has 0 spiro atoms. The van der Waals surface area contributed by atoms with Crippen LogP contribution < -0.4 is 4.90 Å². The van der Waals surface area contributed by atoms with Crippen LogP contribution in [0.4, 0.5) is 5.13 Å². The smallest absolute Gasteiger partial charge is 0.355 e. The number of carbonyl (C=O) groups is 1. The molecular formula is C11H18N2O4S. The van der Waals surface area contributed by atoms with Crippen molar-refractivity contribution in [3.8, 4) is 0 Å². The van der Waals surface area contributed by atoms with Gasteiger partial charge >= 0.3 is 5.97 Å². The molecule has 0 amide bonds. The van der Waals surface area contributed by atoms with Crippen molar-refractivity contribution in [3.05, 3.63) is 11.1 Å². The summed E-state index contributed by atoms with van der Waals surface area (Å²) >= 11 is 1.31. The topological polar surface area (TPSA) is 71.9 Å². The number of methoxy groups -OCH3 is 2. The maximum Gasteiger partial charge on any atom is 0.355 e. The molecule has 1 unspecified atom stereocenters. The van der Waals surface area contributed by atoms with Crippen LogP contribution in [-0.4, -0.2) is 56.1 Å². The Morgan fingerprint density at radius 3 is 2.78 bits per heavy atom. The number of nitrogens with zero attached hydrogens (tertiary/aromatic N) is 2. The summed E-state index contributed by atoms with van der Waals surface area (Å²) in [5, 5.41) is 11.1. The van der Waals surface area contributed by atoms with Crippen LogP contribution in [0.15, 0.2) is 5.38 Å². The minimum absolute atomic E-state index is 0.0713. The lowest BCUT2D eigenvalue weighted by Crippen LogP contribution is -2.38. The number of hydrogen-bond donors (Lipinski definition) is 1. The molecule has 1 heterocycles. The molecule has 0 bridgehead atoms. The van der Waals surface area contributed by atoms with Gasteiger partial charge < -0.3 is 19.5 Å². The standard InChI is InChI=1S/C11H18N2O4S/c1-8(6-17-3)13(4-5-16-2)11-12-9(7-18-11)10(14)15/h7-8H,4-6H2,1-3H3,(H,14,15). The van der Waals surface area contributed by atoms with Gasteiger partial charge in [-0.05, 0) is 6.92 Å². The Kier molecular flexibility index (Phi) is 6.03. The van der Waals surface area contributed by atoms with E-state index in [2.05, 4.69) is 4.98 Å². The van der Waals surface area contributed by atoms with Crippen molar-refractivity contribution in [2.24, 2.45) is 0 Å². The number of thiazole rings is 1. The number of rotatable bonds is 8. The fourth-order valence-corrected chi connectivity index (χ4v) is 2.45. The second-order valence-corrected chi connectivity index (χ2v) is 4.65. The fraction of sp³-hybridized carbons (Fsp3) is 0.636. The van der Waals surface area contributed by atoms with Crippen LogP contribution >= 0.6 is 11.3 Å². The van der Waals surface area contributed by atoms with E-state index in [0.717, 1.165) is 0 Å². The molecule has 6 nitrogen and oxygen atoms in total. The summed E-state index contributed by atoms with van der Waals surface area (Å²) in [6.07, 6.45) is 0. The van der Waals surface area contributed by atoms with Crippen LogP contribution in [0.3, 0.4) is 0 Å². The quantitative estimate of drug-likeness (QED) is 0.771. The zero-order chi connectivity index (χ0) is 13.5. The van der Waals surface area contributed by atoms with E-state index in [4.69, 9.17) is 14.6 Å². The first kappa shape index (κ1) is 14.9. The average Bonchev–Trinajstić information content (AvgIpc) is 2.79. The summed E-state index contributed by atoms with van der Waals surface area (Å²) < 4.78 is 10.2. The van der Waals surface area contributed by atoms with Gasteiger partial charge in [-0.1, -0.05) is 0 Å². The number of ether oxygens (including phenoxy) is 2. The first-order chi connectivity index (χ1) is 8.60. The molecule has 1 rings (SSSR count). The van der Waals surface area contributed by atoms with Crippen LogP contribution in [0.5, 0.6) is 0 Å². The second-order valence-electron chi connectivity index (χ2n) is 3.81. The van der Waals surface area contributed by atoms with Crippen molar-refractivity contribution in [1.29, 1.82) is 0 Å². The van der Waals surface area contributed by atoms with Crippen molar-refractivity contribution in [3.63, 3.8) is 0 Å². The maximum absolute atomic E-state index is 10.8. The molecule has 18 heavy (non-hydrogen) atoms. The third-order valence-electron chi connectivity index (χ3n) is 2.43. The highest BCUT2D eigenvalue weighted by molar-refractivity contribution is 7.13. The van der Waals surface area contributed by atoms with E-state index in [-0.39, 0.29) is 11.7 Å². The number of aromatic nitrogens is 1. The molecule has 0 saturated carbocycles. The molecule has 0 radical (unpaired) electrons. The van der Waals surface area contributed by atoms with Gasteiger partial charge in [0, 0.05) is 26.1 Å². The van der Waals surface area contributed by atoms with Gasteiger partial charge in [0.25, 0.3) is 0 Å². The molecule has 1 aromatic rings. The highest BCUT2D eigenvalue weighted by Gasteiger charge is 2.19. The van der Waals surface area contributed by atoms with Gasteiger partial charge in [-0.2, -0.15) is 0 Å². The minimum atomic E-state index is -1.01. The summed E-state index contributed by atoms with van der Waals surface area (Å²) in [6.45, 7) is 3.75. The Bertz CT molecular complexity index is 383. The maximum atomic E-state index is 10.8. The van der Waals surface area contributed by atoms with Crippen LogP contribution in [0.25, 0.3) is 0 Å². The van der Waals surface area contributed by atoms with E-state index < -0.39 is 5.97 Å². The summed E-state index contributed by atoms with van der Waals surface area (Å²) in [5.41, 5.74) is 0.0713. The average molecular weight is 274 g/mol. The highest BCUT2D eigenvalue weighted by Crippen LogP contribution is 2.22. The van der Waals surface area contributed by atoms with Crippen molar-refractivity contribution in [2.75, 3.05) is 38.9 Å². The monoisotopic (exact) mass is 274 g/mol. The van der Waals surface area contributed by atoms with E-state index in [9.17, 15) is 4.79 Å². The molecule has 0 aliphatic rings. The first-order valence-corrected chi connectivity index (χ1v) is 6.41. The molecule has 0 aliphatic carbocycles. The van der Waals surface area contributed by atoms with Gasteiger partial charge in [-0.25, -0.2) is 9.78 Å². The van der Waals surface area contributed by atoms with Crippen LogP contribution in [-0.2, 0) is 9.47 Å². The van der Waals surface area contributed by atoms with Gasteiger partial charge in [-0.3, -0.25) is 0 Å². The fourth-order valence-electron chi connectivity index (χ4n) is 1.52. The van der Waals surface area contributed by atoms with Gasteiger partial charge in [0.2, 0.25) is 0 Å². The Hall–Kier alpha value is -1.18. The zero-order valence-electron chi connectivity index (χ0n) is 10.8. The predicted molar refractivity (Wildman–Crippen MR) is 69.6 cm³/mol. The lowest BCUT2D eigenvalue weighted by molar-refractivity contribution is 0.0691. The van der Waals surface area contributed by atoms with Crippen LogP contribution in [0.1, 0.15) is 17.4 Å². The Balaban J connectivity index is 2.82. The molecule has 1 N–H and O–H groups in total. The molecule has 0 aromatic carbocycles. The zero-order valence-corrected chi connectivity index (χ0v) is 11.6. The Morgan fingerprint density at radius 1 is 1.56 bits per heavy atom. The van der Waals surface area contributed by atoms with E-state index in [1.165, 1.54) is 16.7 Å². The van der Waals surface area contributed by atoms with Crippen LogP contribution in [0, 0.1) is 0 Å². The molecule has 102 valence electrons. The van der Waals surface area contributed by atoms with Crippen LogP contribution in [0.2, 0.25) is 0 Å². The molecule has 1 aromatic heterocycles. The van der Waals surface area contributed by atoms with Gasteiger partial charge in [0.1, 0.15) is 0 Å². The SMILES string of the molecule is COCCN(c1nc(C(=O)O)cs1)C(C)COC. The van der Waals surface area contributed by atoms with E-state index in [1.54, 1.807) is 14.2 Å². The first-order valence-electron chi connectivity index (χ1n) is 5.53. The van der Waals surface area contributed by atoms with E-state index in [1.807, 2.05) is 11.8 Å². The summed E-state index contributed by atoms with van der Waals surface area (Å²) in [4.78, 5) is 16.9. The lowest BCUT2D eigenvalue weighted by Gasteiger charge is -2.28. The Labute approximate surface area is 110 Å². The molecule has 0 aliphatic heterocycles. The van der Waals surface area contributed by atoms with Crippen molar-refractivity contribution >= 4 is 22.4 Å². The molecule has 1 atom stereocenters. The molecule has 7 heteroatoms. The largest absolute Gasteiger partial charge is 0.476 e. The third kappa shape index (κ3) is 3.94. The predicted octanol–water partition coefficient (Wildman–Crippen LogP) is 1.33. The molecule has 0 fully saturated rings. The summed E-state index contributed by atoms with van der Waals surface area (Å²) in [6, 6.07) is 0.109. The van der Waals surface area contributed by atoms with Gasteiger partial charge in [0.05, 0.1) is 19.3 Å². The number of aromatic carboxylic acids is 1. The molecule has 0 saturated heterocycles. The minimum Gasteiger partial charge on any atom is -0.476 e. The van der Waals surface area contributed by atoms with E-state index in [0.29, 0.717) is 24.9 Å². The number of anilines is 1. The second kappa shape index (κ2) is 7.30. The normalized spacial score (nSPS) is 12.4. The van der Waals surface area contributed by atoms with Crippen molar-refractivity contribution in [2.45, 2.75) is 13.0 Å².